The zero-order valence-electron chi connectivity index (χ0n) is 18.7. The second kappa shape index (κ2) is 9.60. The molecular formula is C24H27FN6O2. The van der Waals surface area contributed by atoms with Crippen molar-refractivity contribution in [3.63, 3.8) is 0 Å². The van der Waals surface area contributed by atoms with Gasteiger partial charge < -0.3 is 14.7 Å². The zero-order valence-corrected chi connectivity index (χ0v) is 18.7. The van der Waals surface area contributed by atoms with Crippen molar-refractivity contribution in [1.29, 1.82) is 0 Å². The van der Waals surface area contributed by atoms with Crippen LogP contribution in [0.2, 0.25) is 0 Å². The molecule has 0 bridgehead atoms. The van der Waals surface area contributed by atoms with Gasteiger partial charge in [0, 0.05) is 48.4 Å². The average molecular weight is 451 g/mol. The van der Waals surface area contributed by atoms with Crippen molar-refractivity contribution in [2.45, 2.75) is 31.2 Å². The van der Waals surface area contributed by atoms with Gasteiger partial charge >= 0.3 is 0 Å². The molecule has 0 unspecified atom stereocenters. The fourth-order valence-corrected chi connectivity index (χ4v) is 4.84. The molecule has 33 heavy (non-hydrogen) atoms. The average Bonchev–Trinajstić information content (AvgIpc) is 3.06. The molecule has 0 aromatic heterocycles. The van der Waals surface area contributed by atoms with Gasteiger partial charge in [0.25, 0.3) is 0 Å². The zero-order chi connectivity index (χ0) is 23.4. The lowest BCUT2D eigenvalue weighted by Crippen LogP contribution is -2.56. The van der Waals surface area contributed by atoms with Gasteiger partial charge in [-0.15, -0.1) is 0 Å². The minimum atomic E-state index is -0.574. The first-order valence-electron chi connectivity index (χ1n) is 11.1. The van der Waals surface area contributed by atoms with Crippen LogP contribution in [0.1, 0.15) is 36.0 Å². The molecule has 2 aromatic rings. The molecule has 0 aliphatic carbocycles. The Balaban J connectivity index is 1.35. The number of likely N-dealkylation sites (N-methyl/N-ethyl adjacent to an activating group) is 1. The molecule has 4 rings (SSSR count). The Bertz CT molecular complexity index is 1060. The molecule has 0 saturated carbocycles. The standard InChI is InChI=1S/C24H27FN6O2/c1-29-17-31(21-10-8-20(9-11-21)27-28-26)24(23(29)33)12-15-30(16-13-24)14-2-3-22(32)18-4-6-19(25)7-5-18/h4-11H,2-3,12-17H2,1H3. The fourth-order valence-electron chi connectivity index (χ4n) is 4.84. The minimum absolute atomic E-state index is 0.0198. The van der Waals surface area contributed by atoms with Gasteiger partial charge in [0.2, 0.25) is 5.91 Å². The molecule has 172 valence electrons. The van der Waals surface area contributed by atoms with Crippen molar-refractivity contribution in [2.24, 2.45) is 5.11 Å². The molecule has 0 N–H and O–H groups in total. The topological polar surface area (TPSA) is 92.6 Å². The highest BCUT2D eigenvalue weighted by Crippen LogP contribution is 2.39. The maximum Gasteiger partial charge on any atom is 0.249 e. The Labute approximate surface area is 192 Å². The summed E-state index contributed by atoms with van der Waals surface area (Å²) in [6.45, 7) is 2.86. The Hall–Kier alpha value is -3.42. The van der Waals surface area contributed by atoms with E-state index in [0.29, 0.717) is 37.2 Å². The number of azide groups is 1. The predicted molar refractivity (Wildman–Crippen MR) is 124 cm³/mol. The Morgan fingerprint density at radius 3 is 2.42 bits per heavy atom. The van der Waals surface area contributed by atoms with Crippen molar-refractivity contribution in [1.82, 2.24) is 9.80 Å². The summed E-state index contributed by atoms with van der Waals surface area (Å²) in [5, 5.41) is 3.62. The van der Waals surface area contributed by atoms with Crippen molar-refractivity contribution >= 4 is 23.1 Å². The molecule has 9 heteroatoms. The van der Waals surface area contributed by atoms with Crippen LogP contribution in [0.25, 0.3) is 10.4 Å². The van der Waals surface area contributed by atoms with Crippen LogP contribution in [-0.4, -0.2) is 60.4 Å². The molecule has 0 radical (unpaired) electrons. The van der Waals surface area contributed by atoms with E-state index in [1.54, 1.807) is 17.0 Å². The summed E-state index contributed by atoms with van der Waals surface area (Å²) >= 11 is 0. The smallest absolute Gasteiger partial charge is 0.249 e. The lowest BCUT2D eigenvalue weighted by Gasteiger charge is -2.43. The summed E-state index contributed by atoms with van der Waals surface area (Å²) in [6, 6.07) is 13.0. The summed E-state index contributed by atoms with van der Waals surface area (Å²) < 4.78 is 13.0. The van der Waals surface area contributed by atoms with Crippen LogP contribution in [0, 0.1) is 5.82 Å². The van der Waals surface area contributed by atoms with Crippen molar-refractivity contribution in [3.8, 4) is 0 Å². The van der Waals surface area contributed by atoms with Crippen molar-refractivity contribution < 1.29 is 14.0 Å². The fraction of sp³-hybridized carbons (Fsp3) is 0.417. The third kappa shape index (κ3) is 4.69. The third-order valence-corrected chi connectivity index (χ3v) is 6.66. The number of hydrogen-bond acceptors (Lipinski definition) is 5. The second-order valence-corrected chi connectivity index (χ2v) is 8.69. The van der Waals surface area contributed by atoms with E-state index in [2.05, 4.69) is 19.8 Å². The molecule has 0 atom stereocenters. The summed E-state index contributed by atoms with van der Waals surface area (Å²) in [5.41, 5.74) is 10.1. The van der Waals surface area contributed by atoms with Crippen LogP contribution in [-0.2, 0) is 4.79 Å². The van der Waals surface area contributed by atoms with E-state index in [9.17, 15) is 14.0 Å². The Morgan fingerprint density at radius 1 is 1.12 bits per heavy atom. The summed E-state index contributed by atoms with van der Waals surface area (Å²) in [4.78, 5) is 34.5. The van der Waals surface area contributed by atoms with Crippen LogP contribution in [0.4, 0.5) is 15.8 Å². The lowest BCUT2D eigenvalue weighted by molar-refractivity contribution is -0.132. The first-order chi connectivity index (χ1) is 15.9. The molecule has 2 aromatic carbocycles. The van der Waals surface area contributed by atoms with E-state index >= 15 is 0 Å². The number of rotatable bonds is 7. The first-order valence-corrected chi connectivity index (χ1v) is 11.1. The van der Waals surface area contributed by atoms with Gasteiger partial charge in [-0.05, 0) is 67.7 Å². The van der Waals surface area contributed by atoms with Crippen LogP contribution in [0.3, 0.4) is 0 Å². The number of nitrogens with zero attached hydrogens (tertiary/aromatic N) is 6. The number of halogens is 1. The highest BCUT2D eigenvalue weighted by molar-refractivity contribution is 5.96. The SMILES string of the molecule is CN1CN(c2ccc(N=[N+]=[N-])cc2)C2(CCN(CCCC(=O)c3ccc(F)cc3)CC2)C1=O. The maximum absolute atomic E-state index is 13.2. The van der Waals surface area contributed by atoms with Crippen LogP contribution in [0.5, 0.6) is 0 Å². The number of ketones is 1. The molecular weight excluding hydrogens is 423 g/mol. The summed E-state index contributed by atoms with van der Waals surface area (Å²) in [7, 11) is 1.83. The number of piperidine rings is 1. The third-order valence-electron chi connectivity index (χ3n) is 6.66. The quantitative estimate of drug-likeness (QED) is 0.269. The Morgan fingerprint density at radius 2 is 1.79 bits per heavy atom. The summed E-state index contributed by atoms with van der Waals surface area (Å²) in [6.07, 6.45) is 2.56. The number of benzene rings is 2. The van der Waals surface area contributed by atoms with Crippen LogP contribution in [0.15, 0.2) is 53.6 Å². The first kappa shape index (κ1) is 22.8. The molecule has 8 nitrogen and oxygen atoms in total. The lowest BCUT2D eigenvalue weighted by atomic mass is 9.85. The molecule has 2 aliphatic heterocycles. The largest absolute Gasteiger partial charge is 0.339 e. The number of amides is 1. The molecule has 2 aliphatic rings. The van der Waals surface area contributed by atoms with Gasteiger partial charge in [-0.3, -0.25) is 9.59 Å². The van der Waals surface area contributed by atoms with Crippen molar-refractivity contribution in [2.75, 3.05) is 38.3 Å². The van der Waals surface area contributed by atoms with Crippen molar-refractivity contribution in [3.05, 3.63) is 70.4 Å². The molecule has 1 spiro atoms. The van der Waals surface area contributed by atoms with Gasteiger partial charge in [0.1, 0.15) is 11.4 Å². The number of likely N-dealkylation sites (tertiary alicyclic amines) is 1. The van der Waals surface area contributed by atoms with E-state index in [4.69, 9.17) is 5.53 Å². The predicted octanol–water partition coefficient (Wildman–Crippen LogP) is 4.50. The summed E-state index contributed by atoms with van der Waals surface area (Å²) in [5.74, 6) is -0.194. The van der Waals surface area contributed by atoms with Crippen LogP contribution >= 0.6 is 0 Å². The highest BCUT2D eigenvalue weighted by atomic mass is 19.1. The number of anilines is 1. The van der Waals surface area contributed by atoms with E-state index in [1.807, 2.05) is 19.2 Å². The number of carbonyl (C=O) groups is 2. The maximum atomic E-state index is 13.2. The van der Waals surface area contributed by atoms with Crippen LogP contribution < -0.4 is 4.90 Å². The molecule has 1 amide bonds. The second-order valence-electron chi connectivity index (χ2n) is 8.69. The number of carbonyl (C=O) groups excluding carboxylic acids is 2. The minimum Gasteiger partial charge on any atom is -0.339 e. The van der Waals surface area contributed by atoms with Gasteiger partial charge in [-0.2, -0.15) is 0 Å². The number of Topliss-reactive ketones (excluding diaryl/α,β-unsaturated/α-hetero) is 1. The van der Waals surface area contributed by atoms with E-state index in [-0.39, 0.29) is 17.5 Å². The van der Waals surface area contributed by atoms with Gasteiger partial charge in [0.05, 0.1) is 6.67 Å². The van der Waals surface area contributed by atoms with E-state index in [0.717, 1.165) is 31.7 Å². The van der Waals surface area contributed by atoms with Gasteiger partial charge in [0.15, 0.2) is 5.78 Å². The van der Waals surface area contributed by atoms with Gasteiger partial charge in [-0.25, -0.2) is 4.39 Å². The van der Waals surface area contributed by atoms with E-state index in [1.165, 1.54) is 24.3 Å². The molecule has 2 saturated heterocycles. The number of hydrogen-bond donors (Lipinski definition) is 0. The van der Waals surface area contributed by atoms with E-state index < -0.39 is 5.54 Å². The Kier molecular flexibility index (Phi) is 6.62. The molecule has 2 heterocycles. The molecule has 2 fully saturated rings. The normalized spacial score (nSPS) is 17.9. The van der Waals surface area contributed by atoms with Gasteiger partial charge in [-0.1, -0.05) is 17.2 Å². The highest BCUT2D eigenvalue weighted by Gasteiger charge is 2.52. The monoisotopic (exact) mass is 450 g/mol.